The lowest BCUT2D eigenvalue weighted by molar-refractivity contribution is 0.102. The first kappa shape index (κ1) is 21.0. The molecule has 0 aliphatic carbocycles. The van der Waals surface area contributed by atoms with Crippen LogP contribution in [0.15, 0.2) is 60.8 Å². The molecule has 4 rings (SSSR count). The van der Waals surface area contributed by atoms with Gasteiger partial charge >= 0.3 is 0 Å². The van der Waals surface area contributed by atoms with Gasteiger partial charge in [-0.25, -0.2) is 4.98 Å². The number of nitrogen functional groups attached to an aromatic ring is 1. The lowest BCUT2D eigenvalue weighted by atomic mass is 10.1. The SMILES string of the molecule is C[C@@H](Oc1cc(Cl)cnc1N)c1cccc(NC(=O)c2cccc(N3CCCC3)c2)c1. The number of nitrogens with zero attached hydrogens (tertiary/aromatic N) is 2. The molecule has 1 aliphatic heterocycles. The van der Waals surface area contributed by atoms with Crippen LogP contribution in [0.25, 0.3) is 0 Å². The molecule has 1 atom stereocenters. The first-order valence-corrected chi connectivity index (χ1v) is 10.7. The summed E-state index contributed by atoms with van der Waals surface area (Å²) < 4.78 is 5.94. The van der Waals surface area contributed by atoms with E-state index in [0.717, 1.165) is 24.3 Å². The molecule has 3 aromatic rings. The van der Waals surface area contributed by atoms with Crippen LogP contribution in [0.5, 0.6) is 5.75 Å². The van der Waals surface area contributed by atoms with Gasteiger partial charge in [0.25, 0.3) is 5.91 Å². The number of nitrogens with two attached hydrogens (primary N) is 1. The third-order valence-electron chi connectivity index (χ3n) is 5.35. The second-order valence-corrected chi connectivity index (χ2v) is 8.06. The van der Waals surface area contributed by atoms with Gasteiger partial charge in [0.2, 0.25) is 0 Å². The fraction of sp³-hybridized carbons (Fsp3) is 0.250. The molecule has 7 heteroatoms. The Morgan fingerprint density at radius 2 is 1.94 bits per heavy atom. The summed E-state index contributed by atoms with van der Waals surface area (Å²) in [5.41, 5.74) is 9.19. The van der Waals surface area contributed by atoms with E-state index < -0.39 is 0 Å². The number of carbonyl (C=O) groups is 1. The zero-order valence-corrected chi connectivity index (χ0v) is 18.1. The minimum Gasteiger partial charge on any atom is -0.482 e. The molecule has 1 amide bonds. The van der Waals surface area contributed by atoms with E-state index in [0.29, 0.717) is 22.0 Å². The Hall–Kier alpha value is -3.25. The quantitative estimate of drug-likeness (QED) is 0.547. The number of aromatic nitrogens is 1. The molecule has 2 heterocycles. The summed E-state index contributed by atoms with van der Waals surface area (Å²) in [5.74, 6) is 0.557. The van der Waals surface area contributed by atoms with Gasteiger partial charge in [-0.15, -0.1) is 0 Å². The summed E-state index contributed by atoms with van der Waals surface area (Å²) >= 11 is 5.99. The van der Waals surface area contributed by atoms with Crippen molar-refractivity contribution in [3.05, 3.63) is 76.9 Å². The maximum atomic E-state index is 12.8. The molecule has 160 valence electrons. The van der Waals surface area contributed by atoms with Gasteiger partial charge in [-0.3, -0.25) is 4.79 Å². The Morgan fingerprint density at radius 1 is 1.16 bits per heavy atom. The molecule has 1 saturated heterocycles. The smallest absolute Gasteiger partial charge is 0.255 e. The van der Waals surface area contributed by atoms with Gasteiger partial charge in [0, 0.05) is 42.3 Å². The molecular weight excluding hydrogens is 412 g/mol. The van der Waals surface area contributed by atoms with Gasteiger partial charge in [0.15, 0.2) is 11.6 Å². The summed E-state index contributed by atoms with van der Waals surface area (Å²) in [5, 5.41) is 3.44. The fourth-order valence-electron chi connectivity index (χ4n) is 3.68. The summed E-state index contributed by atoms with van der Waals surface area (Å²) in [7, 11) is 0. The first-order valence-electron chi connectivity index (χ1n) is 10.3. The second kappa shape index (κ2) is 9.27. The van der Waals surface area contributed by atoms with Crippen LogP contribution in [-0.4, -0.2) is 24.0 Å². The second-order valence-electron chi connectivity index (χ2n) is 7.62. The van der Waals surface area contributed by atoms with E-state index in [2.05, 4.69) is 21.3 Å². The molecule has 0 spiro atoms. The molecule has 1 aliphatic rings. The Morgan fingerprint density at radius 3 is 2.74 bits per heavy atom. The van der Waals surface area contributed by atoms with Crippen LogP contribution >= 0.6 is 11.6 Å². The van der Waals surface area contributed by atoms with Gasteiger partial charge in [-0.2, -0.15) is 0 Å². The van der Waals surface area contributed by atoms with Crippen molar-refractivity contribution in [2.24, 2.45) is 0 Å². The Labute approximate surface area is 187 Å². The van der Waals surface area contributed by atoms with Crippen molar-refractivity contribution in [2.75, 3.05) is 29.0 Å². The van der Waals surface area contributed by atoms with Crippen molar-refractivity contribution in [2.45, 2.75) is 25.9 Å². The van der Waals surface area contributed by atoms with Crippen LogP contribution < -0.4 is 20.7 Å². The van der Waals surface area contributed by atoms with Crippen molar-refractivity contribution < 1.29 is 9.53 Å². The minimum absolute atomic E-state index is 0.143. The predicted octanol–water partition coefficient (Wildman–Crippen LogP) is 5.31. The van der Waals surface area contributed by atoms with Crippen molar-refractivity contribution >= 4 is 34.7 Å². The Bertz CT molecular complexity index is 1080. The summed E-state index contributed by atoms with van der Waals surface area (Å²) in [6.45, 7) is 3.98. The molecule has 6 nitrogen and oxygen atoms in total. The van der Waals surface area contributed by atoms with E-state index in [1.165, 1.54) is 19.0 Å². The highest BCUT2D eigenvalue weighted by Crippen LogP contribution is 2.29. The molecule has 31 heavy (non-hydrogen) atoms. The highest BCUT2D eigenvalue weighted by atomic mass is 35.5. The summed E-state index contributed by atoms with van der Waals surface area (Å²) in [6.07, 6.45) is 3.56. The maximum absolute atomic E-state index is 12.8. The molecule has 1 fully saturated rings. The lowest BCUT2D eigenvalue weighted by Gasteiger charge is -2.18. The first-order chi connectivity index (χ1) is 15.0. The zero-order chi connectivity index (χ0) is 21.8. The fourth-order valence-corrected chi connectivity index (χ4v) is 3.82. The molecule has 0 bridgehead atoms. The van der Waals surface area contributed by atoms with Gasteiger partial charge in [-0.05, 0) is 55.7 Å². The van der Waals surface area contributed by atoms with Crippen LogP contribution in [0.4, 0.5) is 17.2 Å². The number of anilines is 3. The van der Waals surface area contributed by atoms with E-state index >= 15 is 0 Å². The molecule has 0 unspecified atom stereocenters. The number of nitrogens with one attached hydrogen (secondary N) is 1. The number of carbonyl (C=O) groups excluding carboxylic acids is 1. The van der Waals surface area contributed by atoms with Crippen LogP contribution in [0.1, 0.15) is 41.8 Å². The summed E-state index contributed by atoms with van der Waals surface area (Å²) in [6, 6.07) is 17.0. The molecule has 0 radical (unpaired) electrons. The number of ether oxygens (including phenoxy) is 1. The average Bonchev–Trinajstić information content (AvgIpc) is 3.31. The normalized spacial score (nSPS) is 14.3. The molecule has 0 saturated carbocycles. The standard InChI is InChI=1S/C24H25ClN4O2/c1-16(31-22-14-19(25)15-27-23(22)26)17-6-4-8-20(12-17)28-24(30)18-7-5-9-21(13-18)29-10-2-3-11-29/h4-9,12-16H,2-3,10-11H2,1H3,(H2,26,27)(H,28,30)/t16-/m1/s1. The lowest BCUT2D eigenvalue weighted by Crippen LogP contribution is -2.19. The zero-order valence-electron chi connectivity index (χ0n) is 17.3. The van der Waals surface area contributed by atoms with Gasteiger partial charge < -0.3 is 20.7 Å². The summed E-state index contributed by atoms with van der Waals surface area (Å²) in [4.78, 5) is 19.2. The number of halogens is 1. The number of hydrogen-bond acceptors (Lipinski definition) is 5. The van der Waals surface area contributed by atoms with E-state index in [-0.39, 0.29) is 17.8 Å². The van der Waals surface area contributed by atoms with Gasteiger partial charge in [0.05, 0.1) is 5.02 Å². The highest BCUT2D eigenvalue weighted by molar-refractivity contribution is 6.30. The van der Waals surface area contributed by atoms with Crippen LogP contribution in [0.2, 0.25) is 5.02 Å². The van der Waals surface area contributed by atoms with E-state index in [1.54, 1.807) is 6.07 Å². The number of benzene rings is 2. The predicted molar refractivity (Wildman–Crippen MR) is 125 cm³/mol. The van der Waals surface area contributed by atoms with E-state index in [9.17, 15) is 4.79 Å². The van der Waals surface area contributed by atoms with Crippen molar-refractivity contribution in [3.63, 3.8) is 0 Å². The number of rotatable bonds is 6. The van der Waals surface area contributed by atoms with E-state index in [1.807, 2.05) is 49.4 Å². The molecule has 2 aromatic carbocycles. The van der Waals surface area contributed by atoms with Crippen LogP contribution in [0, 0.1) is 0 Å². The highest BCUT2D eigenvalue weighted by Gasteiger charge is 2.15. The van der Waals surface area contributed by atoms with Gasteiger partial charge in [-0.1, -0.05) is 29.8 Å². The molecular formula is C24H25ClN4O2. The van der Waals surface area contributed by atoms with E-state index in [4.69, 9.17) is 22.1 Å². The largest absolute Gasteiger partial charge is 0.482 e. The monoisotopic (exact) mass is 436 g/mol. The van der Waals surface area contributed by atoms with Crippen LogP contribution in [-0.2, 0) is 0 Å². The number of pyridine rings is 1. The Balaban J connectivity index is 1.46. The third kappa shape index (κ3) is 5.09. The topological polar surface area (TPSA) is 80.5 Å². The molecule has 3 N–H and O–H groups in total. The minimum atomic E-state index is -0.307. The number of amides is 1. The molecule has 1 aromatic heterocycles. The average molecular weight is 437 g/mol. The maximum Gasteiger partial charge on any atom is 0.255 e. The van der Waals surface area contributed by atoms with Crippen molar-refractivity contribution in [1.82, 2.24) is 4.98 Å². The Kier molecular flexibility index (Phi) is 6.28. The van der Waals surface area contributed by atoms with Crippen molar-refractivity contribution in [1.29, 1.82) is 0 Å². The third-order valence-corrected chi connectivity index (χ3v) is 5.55. The van der Waals surface area contributed by atoms with Gasteiger partial charge in [0.1, 0.15) is 6.10 Å². The number of hydrogen-bond donors (Lipinski definition) is 2. The van der Waals surface area contributed by atoms with Crippen molar-refractivity contribution in [3.8, 4) is 5.75 Å². The van der Waals surface area contributed by atoms with Crippen LogP contribution in [0.3, 0.4) is 0 Å².